The van der Waals surface area contributed by atoms with Gasteiger partial charge in [-0.2, -0.15) is 0 Å². The zero-order valence-electron chi connectivity index (χ0n) is 35.0. The van der Waals surface area contributed by atoms with Crippen LogP contribution in [0.1, 0.15) is 110 Å². The van der Waals surface area contributed by atoms with Crippen LogP contribution < -0.4 is 26.0 Å². The second kappa shape index (κ2) is 16.8. The number of amidine groups is 1. The Labute approximate surface area is 334 Å². The molecule has 56 heavy (non-hydrogen) atoms. The number of allylic oxidation sites excluding steroid dienone is 1. The topological polar surface area (TPSA) is 131 Å². The van der Waals surface area contributed by atoms with Gasteiger partial charge in [-0.15, -0.1) is 10.2 Å². The summed E-state index contributed by atoms with van der Waals surface area (Å²) in [5.74, 6) is 1.92. The van der Waals surface area contributed by atoms with E-state index in [-0.39, 0.29) is 29.7 Å². The molecule has 6 rings (SSSR count). The number of pyridine rings is 1. The third kappa shape index (κ3) is 8.97. The smallest absolute Gasteiger partial charge is 0.320 e. The highest BCUT2D eigenvalue weighted by Gasteiger charge is 2.47. The second-order valence-electron chi connectivity index (χ2n) is 17.5. The fourth-order valence-electron chi connectivity index (χ4n) is 8.56. The van der Waals surface area contributed by atoms with Crippen molar-refractivity contribution < 1.29 is 14.0 Å². The number of hydrogen-bond acceptors (Lipinski definition) is 8. The molecule has 0 unspecified atom stereocenters. The van der Waals surface area contributed by atoms with Crippen molar-refractivity contribution in [1.82, 2.24) is 25.2 Å². The number of hydrogen-bond donors (Lipinski definition) is 3. The zero-order valence-corrected chi connectivity index (χ0v) is 36.0. The molecule has 300 valence electrons. The van der Waals surface area contributed by atoms with Crippen LogP contribution in [0.2, 0.25) is 16.6 Å². The number of urea groups is 1. The van der Waals surface area contributed by atoms with Crippen LogP contribution in [-0.4, -0.2) is 54.0 Å². The predicted octanol–water partition coefficient (Wildman–Crippen LogP) is 9.68. The number of nitrogens with zero attached hydrogens (tertiary/aromatic N) is 5. The zero-order chi connectivity index (χ0) is 40.4. The summed E-state index contributed by atoms with van der Waals surface area (Å²) in [4.78, 5) is 20.6. The lowest BCUT2D eigenvalue weighted by molar-refractivity contribution is 0.171. The van der Waals surface area contributed by atoms with Crippen LogP contribution in [0.5, 0.6) is 5.75 Å². The van der Waals surface area contributed by atoms with Crippen molar-refractivity contribution in [2.75, 3.05) is 18.0 Å². The summed E-state index contributed by atoms with van der Waals surface area (Å²) in [5, 5.41) is 15.3. The number of fused-ring (bicyclic) bond motifs is 2. The molecule has 12 heteroatoms. The molecular weight excluding hydrogens is 717 g/mol. The lowest BCUT2D eigenvalue weighted by Crippen LogP contribution is -2.50. The molecule has 1 fully saturated rings. The molecular formula is C44H62N8O3Si. The number of anilines is 1. The third-order valence-electron chi connectivity index (χ3n) is 11.6. The van der Waals surface area contributed by atoms with Gasteiger partial charge in [-0.05, 0) is 78.2 Å². The summed E-state index contributed by atoms with van der Waals surface area (Å²) >= 11 is 0. The Kier molecular flexibility index (Phi) is 12.3. The van der Waals surface area contributed by atoms with Crippen LogP contribution in [0.3, 0.4) is 0 Å². The maximum absolute atomic E-state index is 13.6. The number of aromatic nitrogens is 3. The van der Waals surface area contributed by atoms with Gasteiger partial charge < -0.3 is 25.1 Å². The Morgan fingerprint density at radius 1 is 0.929 bits per heavy atom. The maximum atomic E-state index is 13.6. The van der Waals surface area contributed by atoms with Gasteiger partial charge in [0.15, 0.2) is 5.65 Å². The Balaban J connectivity index is 1.16. The minimum absolute atomic E-state index is 0.174. The molecule has 0 radical (unpaired) electrons. The molecule has 1 saturated heterocycles. The summed E-state index contributed by atoms with van der Waals surface area (Å²) in [7, 11) is -2.00. The number of carbonyl (C=O) groups is 1. The molecule has 1 aliphatic carbocycles. The van der Waals surface area contributed by atoms with Crippen molar-refractivity contribution in [1.29, 1.82) is 0 Å². The van der Waals surface area contributed by atoms with Crippen LogP contribution in [-0.2, 0) is 4.43 Å². The average molecular weight is 779 g/mol. The van der Waals surface area contributed by atoms with Crippen LogP contribution >= 0.6 is 0 Å². The quantitative estimate of drug-likeness (QED) is 0.0785. The van der Waals surface area contributed by atoms with Gasteiger partial charge >= 0.3 is 6.03 Å². The molecule has 3 heterocycles. The molecule has 4 N–H and O–H groups in total. The van der Waals surface area contributed by atoms with Crippen LogP contribution in [0.15, 0.2) is 83.6 Å². The number of nitrogens with one attached hydrogen (secondary N) is 2. The first kappa shape index (κ1) is 41.0. The van der Waals surface area contributed by atoms with Crippen molar-refractivity contribution in [3.8, 4) is 5.75 Å². The van der Waals surface area contributed by atoms with Crippen LogP contribution in [0.4, 0.5) is 16.4 Å². The summed E-state index contributed by atoms with van der Waals surface area (Å²) in [6, 6.07) is 19.4. The summed E-state index contributed by atoms with van der Waals surface area (Å²) in [5.41, 5.74) is 13.1. The van der Waals surface area contributed by atoms with Crippen molar-refractivity contribution in [2.24, 2.45) is 16.1 Å². The molecule has 11 nitrogen and oxygen atoms in total. The fourth-order valence-corrected chi connectivity index (χ4v) is 14.1. The molecule has 2 aromatic carbocycles. The van der Waals surface area contributed by atoms with E-state index in [9.17, 15) is 4.79 Å². The van der Waals surface area contributed by atoms with Crippen molar-refractivity contribution >= 4 is 37.5 Å². The van der Waals surface area contributed by atoms with E-state index in [1.807, 2.05) is 86.8 Å². The minimum atomic E-state index is -2.00. The fraction of sp³-hybridized carbons (Fsp3) is 0.500. The van der Waals surface area contributed by atoms with Crippen LogP contribution in [0, 0.1) is 12.3 Å². The van der Waals surface area contributed by atoms with Gasteiger partial charge in [-0.3, -0.25) is 9.72 Å². The molecule has 0 bridgehead atoms. The highest BCUT2D eigenvalue weighted by atomic mass is 28.4. The van der Waals surface area contributed by atoms with Crippen molar-refractivity contribution in [3.05, 3.63) is 95.3 Å². The van der Waals surface area contributed by atoms with Crippen molar-refractivity contribution in [3.63, 3.8) is 0 Å². The molecule has 1 aliphatic heterocycles. The van der Waals surface area contributed by atoms with E-state index in [4.69, 9.17) is 19.9 Å². The second-order valence-corrected chi connectivity index (χ2v) is 22.9. The molecule has 3 atom stereocenters. The van der Waals surface area contributed by atoms with E-state index in [0.717, 1.165) is 59.2 Å². The Bertz CT molecular complexity index is 2030. The highest BCUT2D eigenvalue weighted by Crippen LogP contribution is 2.44. The number of carbonyl (C=O) groups excluding carboxylic acids is 1. The van der Waals surface area contributed by atoms with Gasteiger partial charge in [-0.1, -0.05) is 104 Å². The van der Waals surface area contributed by atoms with Gasteiger partial charge in [0, 0.05) is 30.3 Å². The van der Waals surface area contributed by atoms with Gasteiger partial charge in [0.25, 0.3) is 0 Å². The van der Waals surface area contributed by atoms with E-state index in [0.29, 0.717) is 41.0 Å². The molecule has 0 saturated carbocycles. The molecule has 2 aromatic heterocycles. The minimum Gasteiger partial charge on any atom is -0.484 e. The largest absolute Gasteiger partial charge is 0.484 e. The lowest BCUT2D eigenvalue weighted by atomic mass is 9.85. The van der Waals surface area contributed by atoms with Crippen LogP contribution in [0.25, 0.3) is 5.65 Å². The Morgan fingerprint density at radius 3 is 2.27 bits per heavy atom. The number of benzene rings is 2. The predicted molar refractivity (Wildman–Crippen MR) is 229 cm³/mol. The number of rotatable bonds is 11. The summed E-state index contributed by atoms with van der Waals surface area (Å²) < 4.78 is 15.9. The number of amides is 2. The van der Waals surface area contributed by atoms with Gasteiger partial charge in [-0.25, -0.2) is 9.79 Å². The molecule has 2 amide bonds. The maximum Gasteiger partial charge on any atom is 0.320 e. The number of nitrogens with two attached hydrogens (primary N) is 1. The summed E-state index contributed by atoms with van der Waals surface area (Å²) in [6.45, 7) is 23.8. The first-order valence-electron chi connectivity index (χ1n) is 20.3. The highest BCUT2D eigenvalue weighted by molar-refractivity contribution is 6.77. The van der Waals surface area contributed by atoms with Crippen molar-refractivity contribution in [2.45, 2.75) is 123 Å². The summed E-state index contributed by atoms with van der Waals surface area (Å²) in [6.07, 6.45) is 6.11. The molecule has 4 aromatic rings. The van der Waals surface area contributed by atoms with E-state index in [1.54, 1.807) is 6.08 Å². The van der Waals surface area contributed by atoms with Gasteiger partial charge in [0.2, 0.25) is 14.3 Å². The van der Waals surface area contributed by atoms with Gasteiger partial charge in [0.05, 0.1) is 24.0 Å². The van der Waals surface area contributed by atoms with Gasteiger partial charge in [0.1, 0.15) is 17.7 Å². The van der Waals surface area contributed by atoms with E-state index in [2.05, 4.69) is 79.4 Å². The number of aliphatic imine (C=N–C) groups is 1. The van der Waals surface area contributed by atoms with E-state index < -0.39 is 8.32 Å². The van der Waals surface area contributed by atoms with E-state index in [1.165, 1.54) is 0 Å². The lowest BCUT2D eigenvalue weighted by Gasteiger charge is -2.44. The average Bonchev–Trinajstić information content (AvgIpc) is 3.78. The Morgan fingerprint density at radius 2 is 1.61 bits per heavy atom. The standard InChI is InChI=1S/C44H62N8O3Si/c1-28(2)56(29(3)4,30(5)6)55-34-23-24-51(26-34)43-50-49-41-22-19-33(27-52(41)43)54-38-21-20-37(35-13-11-12-14-36(35)38)47-42(53)48-40(25-39(45)44(8,9)10)46-32-17-15-31(7)16-18-32/h11-19,22,25,27-30,34,37-38H,20-21,23-24,26,45H2,1-10H3,(H2,46,47,48,53)/t34-,37-,38+/m0/s1. The normalized spacial score (nSPS) is 19.6. The first-order chi connectivity index (χ1) is 26.5. The molecule has 0 spiro atoms. The van der Waals surface area contributed by atoms with E-state index >= 15 is 0 Å². The Hall–Kier alpha value is -4.68. The SMILES string of the molecule is Cc1ccc(N=C(C=C(N)C(C)(C)C)NC(=O)N[C@H]2CC[C@@H](Oc3ccc4nnc(N5CC[C@H](O[Si](C(C)C)(C(C)C)C(C)C)C5)n4c3)c3ccccc32)cc1. The first-order valence-corrected chi connectivity index (χ1v) is 22.4. The number of aryl methyl sites for hydroxylation is 1. The molecule has 2 aliphatic rings. The third-order valence-corrected chi connectivity index (χ3v) is 17.7. The number of ether oxygens (including phenoxy) is 1. The monoisotopic (exact) mass is 778 g/mol.